The first-order chi connectivity index (χ1) is 9.60. The first kappa shape index (κ1) is 14.2. The summed E-state index contributed by atoms with van der Waals surface area (Å²) in [4.78, 5) is 11.2. The predicted molar refractivity (Wildman–Crippen MR) is 66.9 cm³/mol. The van der Waals surface area contributed by atoms with E-state index in [1.54, 1.807) is 6.07 Å². The lowest BCUT2D eigenvalue weighted by Gasteiger charge is -2.03. The topological polar surface area (TPSA) is 51.5 Å². The molecule has 0 fully saturated rings. The maximum Gasteiger partial charge on any atom is 0.341 e. The van der Waals surface area contributed by atoms with Crippen LogP contribution < -0.4 is 5.32 Å². The van der Waals surface area contributed by atoms with E-state index in [9.17, 15) is 13.6 Å². The van der Waals surface area contributed by atoms with Gasteiger partial charge in [0, 0.05) is 6.54 Å². The standard InChI is InChI=1S/C14H13F2NO3/c1-19-14(18)10-5-11(20-8-10)7-17-6-9-2-3-12(15)13(16)4-9/h2-5,8,17H,6-7H2,1H3. The highest BCUT2D eigenvalue weighted by Gasteiger charge is 2.09. The van der Waals surface area contributed by atoms with Crippen molar-refractivity contribution < 1.29 is 22.7 Å². The number of hydrogen-bond acceptors (Lipinski definition) is 4. The molecule has 0 saturated carbocycles. The van der Waals surface area contributed by atoms with E-state index in [2.05, 4.69) is 10.1 Å². The molecule has 0 aliphatic carbocycles. The zero-order valence-corrected chi connectivity index (χ0v) is 10.8. The number of carbonyl (C=O) groups is 1. The van der Waals surface area contributed by atoms with Crippen LogP contribution in [-0.4, -0.2) is 13.1 Å². The van der Waals surface area contributed by atoms with Crippen molar-refractivity contribution in [2.75, 3.05) is 7.11 Å². The molecule has 0 aliphatic heterocycles. The minimum absolute atomic E-state index is 0.331. The molecule has 0 unspecified atom stereocenters. The Morgan fingerprint density at radius 2 is 2.05 bits per heavy atom. The van der Waals surface area contributed by atoms with E-state index in [0.29, 0.717) is 30.0 Å². The summed E-state index contributed by atoms with van der Waals surface area (Å²) in [5.41, 5.74) is 0.945. The fourth-order valence-corrected chi connectivity index (χ4v) is 1.68. The molecule has 0 aliphatic rings. The van der Waals surface area contributed by atoms with Crippen LogP contribution >= 0.6 is 0 Å². The van der Waals surface area contributed by atoms with Gasteiger partial charge < -0.3 is 14.5 Å². The summed E-state index contributed by atoms with van der Waals surface area (Å²) in [6.07, 6.45) is 1.31. The lowest BCUT2D eigenvalue weighted by Crippen LogP contribution is -2.12. The van der Waals surface area contributed by atoms with Crippen LogP contribution in [0.2, 0.25) is 0 Å². The fraction of sp³-hybridized carbons (Fsp3) is 0.214. The average molecular weight is 281 g/mol. The summed E-state index contributed by atoms with van der Waals surface area (Å²) >= 11 is 0. The summed E-state index contributed by atoms with van der Waals surface area (Å²) in [5.74, 6) is -1.67. The van der Waals surface area contributed by atoms with Crippen LogP contribution in [0.4, 0.5) is 8.78 Å². The van der Waals surface area contributed by atoms with Crippen LogP contribution in [0, 0.1) is 11.6 Å². The molecule has 0 radical (unpaired) electrons. The monoisotopic (exact) mass is 281 g/mol. The van der Waals surface area contributed by atoms with Crippen molar-refractivity contribution in [1.82, 2.24) is 5.32 Å². The van der Waals surface area contributed by atoms with Gasteiger partial charge in [-0.05, 0) is 23.8 Å². The molecule has 106 valence electrons. The summed E-state index contributed by atoms with van der Waals surface area (Å²) in [7, 11) is 1.29. The molecule has 2 aromatic rings. The largest absolute Gasteiger partial charge is 0.467 e. The molecule has 0 amide bonds. The highest BCUT2D eigenvalue weighted by molar-refractivity contribution is 5.88. The van der Waals surface area contributed by atoms with Crippen LogP contribution in [0.3, 0.4) is 0 Å². The number of carbonyl (C=O) groups excluding carboxylic acids is 1. The number of esters is 1. The Hall–Kier alpha value is -2.21. The van der Waals surface area contributed by atoms with Crippen molar-refractivity contribution >= 4 is 5.97 Å². The van der Waals surface area contributed by atoms with Crippen molar-refractivity contribution in [3.8, 4) is 0 Å². The van der Waals surface area contributed by atoms with Crippen molar-refractivity contribution in [3.63, 3.8) is 0 Å². The number of rotatable bonds is 5. The van der Waals surface area contributed by atoms with E-state index in [0.717, 1.165) is 12.1 Å². The predicted octanol–water partition coefficient (Wildman–Crippen LogP) is 2.63. The van der Waals surface area contributed by atoms with Crippen LogP contribution in [0.15, 0.2) is 34.9 Å². The molecule has 20 heavy (non-hydrogen) atoms. The molecule has 0 atom stereocenters. The van der Waals surface area contributed by atoms with E-state index < -0.39 is 17.6 Å². The summed E-state index contributed by atoms with van der Waals surface area (Å²) in [5, 5.41) is 3.00. The first-order valence-corrected chi connectivity index (χ1v) is 5.90. The fourth-order valence-electron chi connectivity index (χ4n) is 1.68. The van der Waals surface area contributed by atoms with Crippen LogP contribution in [0.1, 0.15) is 21.7 Å². The molecule has 1 heterocycles. The SMILES string of the molecule is COC(=O)c1coc(CNCc2ccc(F)c(F)c2)c1. The second-order valence-corrected chi connectivity index (χ2v) is 4.15. The Bertz CT molecular complexity index is 610. The molecule has 0 saturated heterocycles. The summed E-state index contributed by atoms with van der Waals surface area (Å²) in [6.45, 7) is 0.710. The number of ether oxygens (including phenoxy) is 1. The number of methoxy groups -OCH3 is 1. The Morgan fingerprint density at radius 3 is 2.75 bits per heavy atom. The maximum atomic E-state index is 13.0. The van der Waals surface area contributed by atoms with E-state index in [4.69, 9.17) is 4.42 Å². The maximum absolute atomic E-state index is 13.0. The molecule has 0 spiro atoms. The van der Waals surface area contributed by atoms with E-state index in [-0.39, 0.29) is 0 Å². The third-order valence-electron chi connectivity index (χ3n) is 2.69. The third kappa shape index (κ3) is 3.42. The van der Waals surface area contributed by atoms with Crippen molar-refractivity contribution in [2.24, 2.45) is 0 Å². The lowest BCUT2D eigenvalue weighted by molar-refractivity contribution is 0.0600. The second-order valence-electron chi connectivity index (χ2n) is 4.15. The van der Waals surface area contributed by atoms with Crippen molar-refractivity contribution in [3.05, 3.63) is 59.1 Å². The van der Waals surface area contributed by atoms with Gasteiger partial charge >= 0.3 is 5.97 Å². The van der Waals surface area contributed by atoms with E-state index in [1.165, 1.54) is 19.4 Å². The van der Waals surface area contributed by atoms with Crippen molar-refractivity contribution in [1.29, 1.82) is 0 Å². The smallest absolute Gasteiger partial charge is 0.341 e. The Balaban J connectivity index is 1.88. The Labute approximate surface area is 114 Å². The molecule has 1 N–H and O–H groups in total. The van der Waals surface area contributed by atoms with E-state index in [1.807, 2.05) is 0 Å². The zero-order chi connectivity index (χ0) is 14.5. The number of benzene rings is 1. The number of nitrogens with one attached hydrogen (secondary N) is 1. The highest BCUT2D eigenvalue weighted by atomic mass is 19.2. The number of furan rings is 1. The van der Waals surface area contributed by atoms with Gasteiger partial charge in [-0.2, -0.15) is 0 Å². The molecule has 6 heteroatoms. The Morgan fingerprint density at radius 1 is 1.25 bits per heavy atom. The molecule has 1 aromatic heterocycles. The minimum atomic E-state index is -0.879. The number of hydrogen-bond donors (Lipinski definition) is 1. The molecular formula is C14H13F2NO3. The Kier molecular flexibility index (Phi) is 4.47. The highest BCUT2D eigenvalue weighted by Crippen LogP contribution is 2.10. The van der Waals surface area contributed by atoms with Gasteiger partial charge in [-0.1, -0.05) is 6.07 Å². The van der Waals surface area contributed by atoms with Gasteiger partial charge in [0.15, 0.2) is 11.6 Å². The normalized spacial score (nSPS) is 10.6. The third-order valence-corrected chi connectivity index (χ3v) is 2.69. The molecule has 0 bridgehead atoms. The molecule has 1 aromatic carbocycles. The minimum Gasteiger partial charge on any atom is -0.467 e. The van der Waals surface area contributed by atoms with Gasteiger partial charge in [0.25, 0.3) is 0 Å². The van der Waals surface area contributed by atoms with Crippen molar-refractivity contribution in [2.45, 2.75) is 13.1 Å². The summed E-state index contributed by atoms with van der Waals surface area (Å²) < 4.78 is 35.5. The average Bonchev–Trinajstić information content (AvgIpc) is 2.91. The van der Waals surface area contributed by atoms with Gasteiger partial charge in [0.2, 0.25) is 0 Å². The molecular weight excluding hydrogens is 268 g/mol. The second kappa shape index (κ2) is 6.29. The van der Waals surface area contributed by atoms with Gasteiger partial charge in [0.05, 0.1) is 19.2 Å². The van der Waals surface area contributed by atoms with Gasteiger partial charge in [-0.3, -0.25) is 0 Å². The van der Waals surface area contributed by atoms with E-state index >= 15 is 0 Å². The number of halogens is 2. The van der Waals surface area contributed by atoms with Gasteiger partial charge in [-0.15, -0.1) is 0 Å². The quantitative estimate of drug-likeness (QED) is 0.856. The van der Waals surface area contributed by atoms with Crippen LogP contribution in [0.25, 0.3) is 0 Å². The molecule has 4 nitrogen and oxygen atoms in total. The van der Waals surface area contributed by atoms with Crippen LogP contribution in [-0.2, 0) is 17.8 Å². The van der Waals surface area contributed by atoms with Crippen LogP contribution in [0.5, 0.6) is 0 Å². The summed E-state index contributed by atoms with van der Waals surface area (Å²) in [6, 6.07) is 5.26. The molecule has 2 rings (SSSR count). The van der Waals surface area contributed by atoms with Gasteiger partial charge in [0.1, 0.15) is 12.0 Å². The zero-order valence-electron chi connectivity index (χ0n) is 10.8. The van der Waals surface area contributed by atoms with Gasteiger partial charge in [-0.25, -0.2) is 13.6 Å². The first-order valence-electron chi connectivity index (χ1n) is 5.90. The lowest BCUT2D eigenvalue weighted by atomic mass is 10.2.